The Morgan fingerprint density at radius 1 is 1.41 bits per heavy atom. The Balaban J connectivity index is 1.75. The second-order valence-electron chi connectivity index (χ2n) is 5.85. The number of carbonyl (C=O) groups is 2. The molecule has 3 amide bonds. The van der Waals surface area contributed by atoms with E-state index in [0.717, 1.165) is 37.2 Å². The van der Waals surface area contributed by atoms with E-state index in [0.29, 0.717) is 13.1 Å². The van der Waals surface area contributed by atoms with Crippen LogP contribution in [-0.4, -0.2) is 37.1 Å². The van der Waals surface area contributed by atoms with Crippen molar-refractivity contribution >= 4 is 23.3 Å². The van der Waals surface area contributed by atoms with Gasteiger partial charge in [0.15, 0.2) is 0 Å². The molecular weight excluding hydrogens is 280 g/mol. The fraction of sp³-hybridized carbons (Fsp3) is 0.500. The minimum absolute atomic E-state index is 0.00974. The van der Waals surface area contributed by atoms with Gasteiger partial charge >= 0.3 is 6.03 Å². The highest BCUT2D eigenvalue weighted by molar-refractivity contribution is 5.99. The van der Waals surface area contributed by atoms with E-state index in [-0.39, 0.29) is 11.9 Å². The highest BCUT2D eigenvalue weighted by Gasteiger charge is 2.39. The first kappa shape index (κ1) is 14.8. The van der Waals surface area contributed by atoms with E-state index in [9.17, 15) is 9.59 Å². The smallest absolute Gasteiger partial charge is 0.321 e. The molecule has 6 nitrogen and oxygen atoms in total. The number of anilines is 2. The van der Waals surface area contributed by atoms with Crippen LogP contribution in [0.1, 0.15) is 26.2 Å². The van der Waals surface area contributed by atoms with Crippen molar-refractivity contribution in [3.05, 3.63) is 24.3 Å². The van der Waals surface area contributed by atoms with Gasteiger partial charge in [0, 0.05) is 24.5 Å². The van der Waals surface area contributed by atoms with E-state index in [2.05, 4.69) is 16.0 Å². The number of nitrogens with zero attached hydrogens (tertiary/aromatic N) is 1. The van der Waals surface area contributed by atoms with Crippen LogP contribution in [0.15, 0.2) is 24.3 Å². The summed E-state index contributed by atoms with van der Waals surface area (Å²) in [5.41, 5.74) is 1.07. The van der Waals surface area contributed by atoms with Crippen molar-refractivity contribution in [1.29, 1.82) is 0 Å². The van der Waals surface area contributed by atoms with Gasteiger partial charge in [0.2, 0.25) is 5.91 Å². The van der Waals surface area contributed by atoms with E-state index in [1.54, 1.807) is 4.90 Å². The molecule has 2 fully saturated rings. The average molecular weight is 302 g/mol. The summed E-state index contributed by atoms with van der Waals surface area (Å²) in [6.45, 7) is 4.22. The quantitative estimate of drug-likeness (QED) is 0.792. The zero-order chi connectivity index (χ0) is 15.6. The number of carbonyl (C=O) groups excluding carboxylic acids is 2. The zero-order valence-electron chi connectivity index (χ0n) is 12.8. The molecule has 0 radical (unpaired) electrons. The lowest BCUT2D eigenvalue weighted by Crippen LogP contribution is -2.50. The predicted octanol–water partition coefficient (Wildman–Crippen LogP) is 1.69. The third kappa shape index (κ3) is 2.66. The largest absolute Gasteiger partial charge is 0.336 e. The van der Waals surface area contributed by atoms with Crippen LogP contribution in [-0.2, 0) is 4.79 Å². The second kappa shape index (κ2) is 5.96. The van der Waals surface area contributed by atoms with Crippen molar-refractivity contribution in [2.75, 3.05) is 29.9 Å². The van der Waals surface area contributed by atoms with Gasteiger partial charge in [0.1, 0.15) is 0 Å². The standard InChI is InChI=1S/C16H22N4O2/c1-2-16(7-4-8-18-16)14(21)19-12-5-3-6-13(11-12)20-10-9-17-15(20)22/h3,5-6,11,18H,2,4,7-10H2,1H3,(H,17,22)(H,19,21). The van der Waals surface area contributed by atoms with E-state index >= 15 is 0 Å². The third-order valence-electron chi connectivity index (χ3n) is 4.55. The van der Waals surface area contributed by atoms with Crippen molar-refractivity contribution < 1.29 is 9.59 Å². The minimum Gasteiger partial charge on any atom is -0.336 e. The number of urea groups is 1. The summed E-state index contributed by atoms with van der Waals surface area (Å²) in [6.07, 6.45) is 2.66. The molecule has 118 valence electrons. The Morgan fingerprint density at radius 3 is 2.91 bits per heavy atom. The van der Waals surface area contributed by atoms with Gasteiger partial charge in [0.05, 0.1) is 5.54 Å². The van der Waals surface area contributed by atoms with Gasteiger partial charge in [-0.3, -0.25) is 9.69 Å². The summed E-state index contributed by atoms with van der Waals surface area (Å²) in [6, 6.07) is 7.35. The molecule has 22 heavy (non-hydrogen) atoms. The van der Waals surface area contributed by atoms with Gasteiger partial charge < -0.3 is 16.0 Å². The zero-order valence-corrected chi connectivity index (χ0v) is 12.8. The van der Waals surface area contributed by atoms with E-state index < -0.39 is 5.54 Å². The molecule has 0 bridgehead atoms. The normalized spacial score (nSPS) is 24.4. The van der Waals surface area contributed by atoms with Crippen molar-refractivity contribution in [1.82, 2.24) is 10.6 Å². The summed E-state index contributed by atoms with van der Waals surface area (Å²) in [5, 5.41) is 9.10. The van der Waals surface area contributed by atoms with E-state index in [1.165, 1.54) is 0 Å². The Hall–Kier alpha value is -2.08. The number of nitrogens with one attached hydrogen (secondary N) is 3. The summed E-state index contributed by atoms with van der Waals surface area (Å²) in [4.78, 5) is 26.0. The number of hydrogen-bond acceptors (Lipinski definition) is 3. The van der Waals surface area contributed by atoms with Gasteiger partial charge in [-0.1, -0.05) is 13.0 Å². The van der Waals surface area contributed by atoms with Gasteiger partial charge in [0.25, 0.3) is 0 Å². The van der Waals surface area contributed by atoms with E-state index in [1.807, 2.05) is 31.2 Å². The molecule has 1 aromatic rings. The lowest BCUT2D eigenvalue weighted by Gasteiger charge is -2.27. The first-order chi connectivity index (χ1) is 10.6. The Labute approximate surface area is 130 Å². The lowest BCUT2D eigenvalue weighted by molar-refractivity contribution is -0.122. The summed E-state index contributed by atoms with van der Waals surface area (Å²) in [7, 11) is 0. The molecule has 0 aliphatic carbocycles. The molecule has 2 aliphatic heterocycles. The Bertz CT molecular complexity index is 581. The first-order valence-electron chi connectivity index (χ1n) is 7.86. The van der Waals surface area contributed by atoms with Crippen LogP contribution in [0.25, 0.3) is 0 Å². The maximum absolute atomic E-state index is 12.6. The van der Waals surface area contributed by atoms with Crippen molar-refractivity contribution in [3.8, 4) is 0 Å². The van der Waals surface area contributed by atoms with Gasteiger partial charge in [-0.25, -0.2) is 4.79 Å². The second-order valence-corrected chi connectivity index (χ2v) is 5.85. The maximum Gasteiger partial charge on any atom is 0.321 e. The van der Waals surface area contributed by atoms with Crippen LogP contribution in [0.3, 0.4) is 0 Å². The van der Waals surface area contributed by atoms with Crippen molar-refractivity contribution in [3.63, 3.8) is 0 Å². The van der Waals surface area contributed by atoms with Crippen LogP contribution >= 0.6 is 0 Å². The van der Waals surface area contributed by atoms with E-state index in [4.69, 9.17) is 0 Å². The predicted molar refractivity (Wildman–Crippen MR) is 86.1 cm³/mol. The summed E-state index contributed by atoms with van der Waals surface area (Å²) < 4.78 is 0. The first-order valence-corrected chi connectivity index (χ1v) is 7.86. The Morgan fingerprint density at radius 2 is 2.27 bits per heavy atom. The highest BCUT2D eigenvalue weighted by Crippen LogP contribution is 2.26. The molecule has 1 unspecified atom stereocenters. The molecule has 3 rings (SSSR count). The number of amides is 3. The van der Waals surface area contributed by atoms with Crippen LogP contribution in [0.5, 0.6) is 0 Å². The topological polar surface area (TPSA) is 73.5 Å². The SMILES string of the molecule is CCC1(C(=O)Nc2cccc(N3CCNC3=O)c2)CCCN1. The Kier molecular flexibility index (Phi) is 4.02. The third-order valence-corrected chi connectivity index (χ3v) is 4.55. The molecular formula is C16H22N4O2. The molecule has 2 saturated heterocycles. The number of hydrogen-bond donors (Lipinski definition) is 3. The fourth-order valence-electron chi connectivity index (χ4n) is 3.18. The maximum atomic E-state index is 12.6. The molecule has 0 spiro atoms. The molecule has 1 aromatic carbocycles. The summed E-state index contributed by atoms with van der Waals surface area (Å²) >= 11 is 0. The highest BCUT2D eigenvalue weighted by atomic mass is 16.2. The molecule has 1 atom stereocenters. The van der Waals surface area contributed by atoms with Crippen LogP contribution in [0, 0.1) is 0 Å². The molecule has 0 aromatic heterocycles. The molecule has 2 heterocycles. The van der Waals surface area contributed by atoms with Gasteiger partial charge in [-0.05, 0) is 44.0 Å². The van der Waals surface area contributed by atoms with Crippen LogP contribution < -0.4 is 20.9 Å². The minimum atomic E-state index is -0.457. The monoisotopic (exact) mass is 302 g/mol. The van der Waals surface area contributed by atoms with Gasteiger partial charge in [-0.2, -0.15) is 0 Å². The number of rotatable bonds is 4. The van der Waals surface area contributed by atoms with Crippen LogP contribution in [0.2, 0.25) is 0 Å². The summed E-state index contributed by atoms with van der Waals surface area (Å²) in [5.74, 6) is 0.00974. The molecule has 3 N–H and O–H groups in total. The van der Waals surface area contributed by atoms with Crippen molar-refractivity contribution in [2.24, 2.45) is 0 Å². The van der Waals surface area contributed by atoms with Gasteiger partial charge in [-0.15, -0.1) is 0 Å². The fourth-order valence-corrected chi connectivity index (χ4v) is 3.18. The average Bonchev–Trinajstić information content (AvgIpc) is 3.17. The van der Waals surface area contributed by atoms with Crippen LogP contribution in [0.4, 0.5) is 16.2 Å². The molecule has 6 heteroatoms. The molecule has 2 aliphatic rings. The molecule has 0 saturated carbocycles. The lowest BCUT2D eigenvalue weighted by atomic mass is 9.93. The van der Waals surface area contributed by atoms with Crippen molar-refractivity contribution in [2.45, 2.75) is 31.7 Å². The number of benzene rings is 1.